The van der Waals surface area contributed by atoms with Gasteiger partial charge in [0.05, 0.1) is 13.2 Å². The zero-order valence-electron chi connectivity index (χ0n) is 11.0. The van der Waals surface area contributed by atoms with E-state index in [9.17, 15) is 5.11 Å². The van der Waals surface area contributed by atoms with E-state index in [4.69, 9.17) is 15.2 Å². The van der Waals surface area contributed by atoms with Crippen molar-refractivity contribution in [3.05, 3.63) is 16.7 Å². The van der Waals surface area contributed by atoms with Crippen molar-refractivity contribution in [2.45, 2.75) is 37.5 Å². The van der Waals surface area contributed by atoms with Crippen LogP contribution in [0.15, 0.2) is 0 Å². The summed E-state index contributed by atoms with van der Waals surface area (Å²) >= 11 is 0. The van der Waals surface area contributed by atoms with Gasteiger partial charge in [0.2, 0.25) is 0 Å². The van der Waals surface area contributed by atoms with Crippen LogP contribution in [0.4, 0.5) is 0 Å². The molecular weight excluding hydrogens is 242 g/mol. The van der Waals surface area contributed by atoms with E-state index in [2.05, 4.69) is 0 Å². The van der Waals surface area contributed by atoms with E-state index in [1.807, 2.05) is 0 Å². The molecular formula is C15H19NO3. The first-order valence-electron chi connectivity index (χ1n) is 7.14. The Morgan fingerprint density at radius 1 is 1.05 bits per heavy atom. The standard InChI is InChI=1S/C15H19NO3/c16-8-15(4-1-5-15)11-9-2-6-19-14(9)12(17)10-3-7-18-13(10)11/h17H,1-8,16H2. The summed E-state index contributed by atoms with van der Waals surface area (Å²) in [4.78, 5) is 0. The van der Waals surface area contributed by atoms with E-state index in [0.29, 0.717) is 31.3 Å². The molecule has 4 heteroatoms. The Balaban J connectivity index is 2.00. The zero-order valence-corrected chi connectivity index (χ0v) is 11.0. The first-order valence-corrected chi connectivity index (χ1v) is 7.14. The van der Waals surface area contributed by atoms with Crippen molar-refractivity contribution in [3.8, 4) is 17.2 Å². The molecule has 0 spiro atoms. The summed E-state index contributed by atoms with van der Waals surface area (Å²) in [6.45, 7) is 1.96. The van der Waals surface area contributed by atoms with Crippen LogP contribution in [-0.2, 0) is 18.3 Å². The molecule has 3 aliphatic rings. The quantitative estimate of drug-likeness (QED) is 0.849. The van der Waals surface area contributed by atoms with Crippen LogP contribution >= 0.6 is 0 Å². The van der Waals surface area contributed by atoms with Gasteiger partial charge in [-0.25, -0.2) is 0 Å². The zero-order chi connectivity index (χ0) is 13.0. The molecule has 1 aromatic rings. The summed E-state index contributed by atoms with van der Waals surface area (Å²) in [7, 11) is 0. The maximum Gasteiger partial charge on any atom is 0.165 e. The van der Waals surface area contributed by atoms with Crippen molar-refractivity contribution in [1.82, 2.24) is 0 Å². The molecule has 0 saturated heterocycles. The molecule has 4 nitrogen and oxygen atoms in total. The lowest BCUT2D eigenvalue weighted by atomic mass is 9.62. The van der Waals surface area contributed by atoms with Crippen LogP contribution in [0.25, 0.3) is 0 Å². The highest BCUT2D eigenvalue weighted by Crippen LogP contribution is 2.56. The average molecular weight is 261 g/mol. The van der Waals surface area contributed by atoms with Gasteiger partial charge in [0.1, 0.15) is 5.75 Å². The van der Waals surface area contributed by atoms with E-state index in [0.717, 1.165) is 42.6 Å². The van der Waals surface area contributed by atoms with Crippen molar-refractivity contribution in [2.24, 2.45) is 5.73 Å². The van der Waals surface area contributed by atoms with Gasteiger partial charge in [-0.3, -0.25) is 0 Å². The average Bonchev–Trinajstić information content (AvgIpc) is 3.01. The van der Waals surface area contributed by atoms with Gasteiger partial charge >= 0.3 is 0 Å². The summed E-state index contributed by atoms with van der Waals surface area (Å²) in [5, 5.41) is 10.3. The molecule has 0 unspecified atom stereocenters. The van der Waals surface area contributed by atoms with Crippen LogP contribution in [0, 0.1) is 0 Å². The molecule has 19 heavy (non-hydrogen) atoms. The fourth-order valence-electron chi connectivity index (χ4n) is 3.81. The SMILES string of the molecule is NCC1(c2c3c(c(O)c4c2OCC4)OCC3)CCC1. The van der Waals surface area contributed by atoms with E-state index < -0.39 is 0 Å². The molecule has 4 rings (SSSR count). The Kier molecular flexibility index (Phi) is 2.28. The summed E-state index contributed by atoms with van der Waals surface area (Å²) < 4.78 is 11.5. The number of phenols is 1. The molecule has 1 aromatic carbocycles. The van der Waals surface area contributed by atoms with Gasteiger partial charge < -0.3 is 20.3 Å². The minimum atomic E-state index is 0.0555. The number of rotatable bonds is 2. The molecule has 102 valence electrons. The fraction of sp³-hybridized carbons (Fsp3) is 0.600. The Morgan fingerprint density at radius 3 is 2.37 bits per heavy atom. The van der Waals surface area contributed by atoms with Gasteiger partial charge in [-0.15, -0.1) is 0 Å². The predicted molar refractivity (Wildman–Crippen MR) is 71.1 cm³/mol. The molecule has 1 saturated carbocycles. The summed E-state index contributed by atoms with van der Waals surface area (Å²) in [5.41, 5.74) is 9.44. The van der Waals surface area contributed by atoms with E-state index in [1.165, 1.54) is 12.0 Å². The second-order valence-corrected chi connectivity index (χ2v) is 5.87. The molecule has 1 aliphatic carbocycles. The summed E-state index contributed by atoms with van der Waals surface area (Å²) in [5.74, 6) is 1.90. The summed E-state index contributed by atoms with van der Waals surface area (Å²) in [6, 6.07) is 0. The van der Waals surface area contributed by atoms with Gasteiger partial charge in [-0.1, -0.05) is 6.42 Å². The molecule has 0 atom stereocenters. The number of benzene rings is 1. The lowest BCUT2D eigenvalue weighted by Crippen LogP contribution is -2.42. The normalized spacial score (nSPS) is 22.2. The highest BCUT2D eigenvalue weighted by atomic mass is 16.5. The Hall–Kier alpha value is -1.42. The molecule has 2 heterocycles. The van der Waals surface area contributed by atoms with E-state index in [1.54, 1.807) is 0 Å². The van der Waals surface area contributed by atoms with Crippen molar-refractivity contribution in [3.63, 3.8) is 0 Å². The smallest absolute Gasteiger partial charge is 0.165 e. The number of nitrogens with two attached hydrogens (primary N) is 1. The monoisotopic (exact) mass is 261 g/mol. The highest BCUT2D eigenvalue weighted by molar-refractivity contribution is 5.67. The third-order valence-corrected chi connectivity index (χ3v) is 5.01. The van der Waals surface area contributed by atoms with E-state index >= 15 is 0 Å². The largest absolute Gasteiger partial charge is 0.504 e. The Labute approximate surface area is 112 Å². The molecule has 3 N–H and O–H groups in total. The Bertz CT molecular complexity index is 508. The Morgan fingerprint density at radius 2 is 1.74 bits per heavy atom. The van der Waals surface area contributed by atoms with Crippen molar-refractivity contribution >= 4 is 0 Å². The van der Waals surface area contributed by atoms with Crippen LogP contribution in [0.3, 0.4) is 0 Å². The number of hydrogen-bond donors (Lipinski definition) is 2. The third kappa shape index (κ3) is 1.32. The first-order chi connectivity index (χ1) is 9.27. The molecule has 0 aromatic heterocycles. The molecule has 1 fully saturated rings. The second kappa shape index (κ2) is 3.79. The van der Waals surface area contributed by atoms with Crippen molar-refractivity contribution in [2.75, 3.05) is 19.8 Å². The second-order valence-electron chi connectivity index (χ2n) is 5.87. The summed E-state index contributed by atoms with van der Waals surface area (Å²) in [6.07, 6.45) is 5.09. The van der Waals surface area contributed by atoms with Crippen LogP contribution in [-0.4, -0.2) is 24.9 Å². The van der Waals surface area contributed by atoms with Crippen LogP contribution in [0.5, 0.6) is 17.2 Å². The van der Waals surface area contributed by atoms with Crippen LogP contribution < -0.4 is 15.2 Å². The minimum absolute atomic E-state index is 0.0555. The fourth-order valence-corrected chi connectivity index (χ4v) is 3.81. The number of ether oxygens (including phenoxy) is 2. The molecule has 0 amide bonds. The number of fused-ring (bicyclic) bond motifs is 2. The highest BCUT2D eigenvalue weighted by Gasteiger charge is 2.45. The minimum Gasteiger partial charge on any atom is -0.504 e. The van der Waals surface area contributed by atoms with Crippen LogP contribution in [0.2, 0.25) is 0 Å². The van der Waals surface area contributed by atoms with Gasteiger partial charge in [0.15, 0.2) is 11.5 Å². The van der Waals surface area contributed by atoms with Gasteiger partial charge in [-0.2, -0.15) is 0 Å². The van der Waals surface area contributed by atoms with Crippen LogP contribution in [0.1, 0.15) is 36.0 Å². The maximum atomic E-state index is 10.3. The molecule has 0 radical (unpaired) electrons. The maximum absolute atomic E-state index is 10.3. The topological polar surface area (TPSA) is 64.7 Å². The predicted octanol–water partition coefficient (Wildman–Crippen LogP) is 1.64. The van der Waals surface area contributed by atoms with E-state index in [-0.39, 0.29) is 5.41 Å². The lowest BCUT2D eigenvalue weighted by molar-refractivity contribution is 0.239. The first kappa shape index (κ1) is 11.4. The van der Waals surface area contributed by atoms with Gasteiger partial charge in [-0.05, 0) is 12.8 Å². The van der Waals surface area contributed by atoms with Gasteiger partial charge in [0.25, 0.3) is 0 Å². The third-order valence-electron chi connectivity index (χ3n) is 5.01. The number of phenolic OH excluding ortho intramolecular Hbond substituents is 1. The van der Waals surface area contributed by atoms with Gasteiger partial charge in [0, 0.05) is 41.5 Å². The number of aromatic hydroxyl groups is 1. The van der Waals surface area contributed by atoms with Crippen molar-refractivity contribution < 1.29 is 14.6 Å². The van der Waals surface area contributed by atoms with Crippen molar-refractivity contribution in [1.29, 1.82) is 0 Å². The lowest BCUT2D eigenvalue weighted by Gasteiger charge is -2.43. The number of hydrogen-bond acceptors (Lipinski definition) is 4. The molecule has 2 aliphatic heterocycles. The molecule has 0 bridgehead atoms.